The molecule has 0 N–H and O–H groups in total. The van der Waals surface area contributed by atoms with Crippen molar-refractivity contribution in [1.29, 1.82) is 0 Å². The van der Waals surface area contributed by atoms with Crippen molar-refractivity contribution in [3.8, 4) is 0 Å². The van der Waals surface area contributed by atoms with Crippen molar-refractivity contribution < 1.29 is 17.0 Å². The monoisotopic (exact) mass is 481 g/mol. The number of hydrogen-bond donors (Lipinski definition) is 0. The molecule has 0 spiro atoms. The number of hydrogen-bond acceptors (Lipinski definition) is 3. The lowest BCUT2D eigenvalue weighted by Crippen LogP contribution is -2.13. The number of sulfonamides is 1. The van der Waals surface area contributed by atoms with E-state index in [9.17, 15) is 12.6 Å². The third-order valence-corrected chi connectivity index (χ3v) is 8.87. The predicted octanol–water partition coefficient (Wildman–Crippen LogP) is 5.64. The van der Waals surface area contributed by atoms with E-state index >= 15 is 4.39 Å². The van der Waals surface area contributed by atoms with E-state index in [1.54, 1.807) is 42.5 Å². The summed E-state index contributed by atoms with van der Waals surface area (Å²) in [5.41, 5.74) is -1.18. The molecule has 0 unspecified atom stereocenters. The highest BCUT2D eigenvalue weighted by molar-refractivity contribution is 9.10. The highest BCUT2D eigenvalue weighted by Crippen LogP contribution is 2.34. The molecule has 4 nitrogen and oxygen atoms in total. The molecule has 0 bridgehead atoms. The molecule has 0 aliphatic heterocycles. The molecule has 0 radical (unpaired) electrons. The number of rotatable bonds is 5. The average Bonchev–Trinajstić information content (AvgIpc) is 2.68. The first-order valence-corrected chi connectivity index (χ1v) is 12.1. The lowest BCUT2D eigenvalue weighted by atomic mass is 10.2. The van der Waals surface area contributed by atoms with E-state index in [1.165, 1.54) is 36.4 Å². The van der Waals surface area contributed by atoms with Gasteiger partial charge in [-0.2, -0.15) is 8.42 Å². The molecule has 2 atom stereocenters. The van der Waals surface area contributed by atoms with Crippen LogP contribution in [0.3, 0.4) is 0 Å². The molecule has 0 aliphatic rings. The fourth-order valence-electron chi connectivity index (χ4n) is 2.51. The van der Waals surface area contributed by atoms with Gasteiger partial charge in [-0.1, -0.05) is 67.7 Å². The van der Waals surface area contributed by atoms with E-state index < -0.39 is 25.3 Å². The van der Waals surface area contributed by atoms with Crippen LogP contribution in [0.2, 0.25) is 0 Å². The van der Waals surface area contributed by atoms with Gasteiger partial charge in [-0.3, -0.25) is 0 Å². The molecule has 0 saturated heterocycles. The summed E-state index contributed by atoms with van der Waals surface area (Å²) in [4.78, 5) is -0.120. The summed E-state index contributed by atoms with van der Waals surface area (Å²) in [7, 11) is -8.32. The van der Waals surface area contributed by atoms with Gasteiger partial charge < -0.3 is 0 Å². The summed E-state index contributed by atoms with van der Waals surface area (Å²) in [6.07, 6.45) is 0. The lowest BCUT2D eigenvalue weighted by molar-refractivity contribution is 0.450. The summed E-state index contributed by atoms with van der Waals surface area (Å²) in [5.74, 6) is 0. The van der Waals surface area contributed by atoms with Crippen LogP contribution < -0.4 is 0 Å². The van der Waals surface area contributed by atoms with Crippen LogP contribution in [-0.2, 0) is 19.8 Å². The van der Waals surface area contributed by atoms with Crippen LogP contribution in [0.5, 0.6) is 0 Å². The van der Waals surface area contributed by atoms with E-state index in [0.29, 0.717) is 0 Å². The average molecular weight is 482 g/mol. The zero-order valence-corrected chi connectivity index (χ0v) is 18.0. The molecule has 28 heavy (non-hydrogen) atoms. The van der Waals surface area contributed by atoms with Crippen LogP contribution in [0.25, 0.3) is 0 Å². The molecule has 0 fully saturated rings. The Kier molecular flexibility index (Phi) is 6.02. The third kappa shape index (κ3) is 4.34. The zero-order chi connectivity index (χ0) is 20.4. The summed E-state index contributed by atoms with van der Waals surface area (Å²) in [5, 5.41) is 0. The second kappa shape index (κ2) is 8.14. The molecule has 0 aliphatic carbocycles. The third-order valence-electron chi connectivity index (χ3n) is 4.02. The number of nitrogens with zero attached hydrogens (tertiary/aromatic N) is 1. The summed E-state index contributed by atoms with van der Waals surface area (Å²) < 4.78 is 59.1. The number of aryl methyl sites for hydroxylation is 1. The van der Waals surface area contributed by atoms with E-state index in [1.807, 2.05) is 6.92 Å². The highest BCUT2D eigenvalue weighted by atomic mass is 79.9. The van der Waals surface area contributed by atoms with Gasteiger partial charge in [0, 0.05) is 10.0 Å². The van der Waals surface area contributed by atoms with Gasteiger partial charge in [0.05, 0.1) is 9.79 Å². The zero-order valence-electron chi connectivity index (χ0n) is 14.8. The fraction of sp³-hybridized carbons (Fsp3) is 0.100. The Bertz CT molecular complexity index is 1190. The summed E-state index contributed by atoms with van der Waals surface area (Å²) in [6.45, 7) is 1.81. The van der Waals surface area contributed by atoms with Gasteiger partial charge in [0.1, 0.15) is 9.73 Å². The van der Waals surface area contributed by atoms with Gasteiger partial charge in [-0.25, -0.2) is 8.60 Å². The second-order valence-electron chi connectivity index (χ2n) is 6.11. The molecular formula is C20H17BrFNO3S2. The first kappa shape index (κ1) is 20.7. The Hall–Kier alpha value is -2.03. The molecule has 3 rings (SSSR count). The Morgan fingerprint density at radius 2 is 1.39 bits per heavy atom. The van der Waals surface area contributed by atoms with Crippen molar-refractivity contribution >= 4 is 35.7 Å². The van der Waals surface area contributed by atoms with Gasteiger partial charge in [0.15, 0.2) is 0 Å². The van der Waals surface area contributed by atoms with E-state index in [2.05, 4.69) is 19.7 Å². The van der Waals surface area contributed by atoms with Gasteiger partial charge in [0.25, 0.3) is 10.0 Å². The minimum Gasteiger partial charge on any atom is -0.240 e. The first-order valence-electron chi connectivity index (χ1n) is 8.26. The Labute approximate surface area is 172 Å². The molecule has 0 aromatic heterocycles. The molecule has 146 valence electrons. The number of halogens is 2. The SMILES string of the molecule is Cc1ccc(S(=O)(=O)N=[S@@](=O)(c2ccccc2)[C@H](F)c2ccc(Br)cc2)cc1. The number of alkyl halides is 1. The van der Waals surface area contributed by atoms with Gasteiger partial charge in [-0.05, 0) is 43.3 Å². The number of benzene rings is 3. The molecule has 0 amide bonds. The topological polar surface area (TPSA) is 63.6 Å². The molecule has 0 saturated carbocycles. The van der Waals surface area contributed by atoms with Crippen molar-refractivity contribution in [2.75, 3.05) is 0 Å². The summed E-state index contributed by atoms with van der Waals surface area (Å²) in [6, 6.07) is 19.7. The largest absolute Gasteiger partial charge is 0.290 e. The standard InChI is InChI=1S/C20H17BrFNO3S2/c1-15-7-13-19(14-8-15)28(25,26)23-27(24,18-5-3-2-4-6-18)20(22)16-9-11-17(21)12-10-16/h2-14,20H,1H3/t20-,27+/m0/s1. The molecule has 0 heterocycles. The lowest BCUT2D eigenvalue weighted by Gasteiger charge is -2.16. The quantitative estimate of drug-likeness (QED) is 0.473. The first-order chi connectivity index (χ1) is 13.2. The van der Waals surface area contributed by atoms with E-state index in [0.717, 1.165) is 10.0 Å². The van der Waals surface area contributed by atoms with Gasteiger partial charge in [0.2, 0.25) is 5.50 Å². The van der Waals surface area contributed by atoms with Crippen molar-refractivity contribution in [3.05, 3.63) is 94.5 Å². The van der Waals surface area contributed by atoms with E-state index in [-0.39, 0.29) is 15.4 Å². The summed E-state index contributed by atoms with van der Waals surface area (Å²) >= 11 is 3.26. The molecular weight excluding hydrogens is 465 g/mol. The van der Waals surface area contributed by atoms with Crippen LogP contribution in [-0.4, -0.2) is 12.6 Å². The van der Waals surface area contributed by atoms with Gasteiger partial charge in [-0.15, -0.1) is 0 Å². The van der Waals surface area contributed by atoms with Crippen LogP contribution in [0.4, 0.5) is 4.39 Å². The minimum absolute atomic E-state index is 0.0149. The molecule has 3 aromatic rings. The maximum absolute atomic E-state index is 15.5. The van der Waals surface area contributed by atoms with Crippen LogP contribution in [0.1, 0.15) is 16.6 Å². The molecule has 3 aromatic carbocycles. The highest BCUT2D eigenvalue weighted by Gasteiger charge is 2.30. The van der Waals surface area contributed by atoms with Crippen LogP contribution >= 0.6 is 15.9 Å². The second-order valence-corrected chi connectivity index (χ2v) is 11.1. The molecule has 8 heteroatoms. The van der Waals surface area contributed by atoms with Crippen molar-refractivity contribution in [2.45, 2.75) is 22.2 Å². The van der Waals surface area contributed by atoms with Crippen molar-refractivity contribution in [3.63, 3.8) is 0 Å². The maximum Gasteiger partial charge on any atom is 0.290 e. The minimum atomic E-state index is -4.34. The van der Waals surface area contributed by atoms with Crippen molar-refractivity contribution in [1.82, 2.24) is 0 Å². The smallest absolute Gasteiger partial charge is 0.240 e. The Balaban J connectivity index is 2.22. The van der Waals surface area contributed by atoms with Crippen LogP contribution in [0.15, 0.2) is 96.9 Å². The predicted molar refractivity (Wildman–Crippen MR) is 112 cm³/mol. The maximum atomic E-state index is 15.5. The van der Waals surface area contributed by atoms with E-state index in [4.69, 9.17) is 0 Å². The van der Waals surface area contributed by atoms with Crippen LogP contribution in [0, 0.1) is 6.92 Å². The Morgan fingerprint density at radius 1 is 0.821 bits per heavy atom. The Morgan fingerprint density at radius 3 is 1.96 bits per heavy atom. The van der Waals surface area contributed by atoms with Gasteiger partial charge >= 0.3 is 0 Å². The van der Waals surface area contributed by atoms with Crippen molar-refractivity contribution in [2.24, 2.45) is 3.77 Å². The normalized spacial score (nSPS) is 14.8. The fourth-order valence-corrected chi connectivity index (χ4v) is 6.73.